The quantitative estimate of drug-likeness (QED) is 0.455. The monoisotopic (exact) mass is 265 g/mol. The number of carbonyl (C=O) groups excluding carboxylic acids is 1. The Morgan fingerprint density at radius 2 is 2.18 bits per heavy atom. The van der Waals surface area contributed by atoms with E-state index in [1.54, 1.807) is 13.2 Å². The van der Waals surface area contributed by atoms with Gasteiger partial charge in [0.05, 0.1) is 13.2 Å². The molecule has 102 valence electrons. The molecule has 0 aliphatic heterocycles. The third-order valence-corrected chi connectivity index (χ3v) is 2.91. The fraction of sp³-hybridized carbons (Fsp3) is 0.909. The largest absolute Gasteiger partial charge is 0.464 e. The van der Waals surface area contributed by atoms with Gasteiger partial charge in [0, 0.05) is 35.4 Å². The number of hydrogen-bond acceptors (Lipinski definition) is 5. The van der Waals surface area contributed by atoms with E-state index in [0.717, 1.165) is 6.42 Å². The smallest absolute Gasteiger partial charge is 0.332 e. The molecule has 1 N–H and O–H groups in total. The summed E-state index contributed by atoms with van der Waals surface area (Å²) in [5.74, 6) is 0.375. The van der Waals surface area contributed by atoms with Crippen molar-refractivity contribution in [1.82, 2.24) is 5.32 Å². The van der Waals surface area contributed by atoms with Crippen molar-refractivity contribution in [2.24, 2.45) is 0 Å². The summed E-state index contributed by atoms with van der Waals surface area (Å²) >= 11 is 0. The molecule has 0 aliphatic rings. The minimum absolute atomic E-state index is 0.00285. The first-order valence-corrected chi connectivity index (χ1v) is 7.55. The lowest BCUT2D eigenvalue weighted by atomic mass is 10.2. The van der Waals surface area contributed by atoms with Gasteiger partial charge in [-0.1, -0.05) is 0 Å². The molecule has 0 bridgehead atoms. The van der Waals surface area contributed by atoms with Gasteiger partial charge in [-0.15, -0.1) is 0 Å². The average molecular weight is 265 g/mol. The number of rotatable bonds is 10. The van der Waals surface area contributed by atoms with Crippen molar-refractivity contribution in [3.05, 3.63) is 0 Å². The lowest BCUT2D eigenvalue weighted by molar-refractivity contribution is -0.148. The first-order valence-electron chi connectivity index (χ1n) is 5.83. The highest BCUT2D eigenvalue weighted by Crippen LogP contribution is 1.92. The molecule has 0 fully saturated rings. The Hall–Kier alpha value is -0.460. The fourth-order valence-electron chi connectivity index (χ4n) is 1.18. The summed E-state index contributed by atoms with van der Waals surface area (Å²) in [5, 5.41) is 3.23. The molecule has 0 spiro atoms. The predicted octanol–water partition coefficient (Wildman–Crippen LogP) is 0.313. The van der Waals surface area contributed by atoms with Crippen LogP contribution in [-0.4, -0.2) is 54.6 Å². The highest BCUT2D eigenvalue weighted by molar-refractivity contribution is 7.84. The van der Waals surface area contributed by atoms with Crippen molar-refractivity contribution >= 4 is 16.8 Å². The summed E-state index contributed by atoms with van der Waals surface area (Å²) in [5.41, 5.74) is 0. The second kappa shape index (κ2) is 10.7. The molecule has 0 saturated heterocycles. The van der Waals surface area contributed by atoms with Gasteiger partial charge in [0.15, 0.2) is 0 Å². The number of hydrogen-bond donors (Lipinski definition) is 1. The first kappa shape index (κ1) is 16.5. The summed E-state index contributed by atoms with van der Waals surface area (Å²) in [6.45, 7) is 5.33. The maximum absolute atomic E-state index is 10.9. The molecule has 5 nitrogen and oxygen atoms in total. The van der Waals surface area contributed by atoms with E-state index >= 15 is 0 Å². The second-order valence-electron chi connectivity index (χ2n) is 3.78. The van der Waals surface area contributed by atoms with Crippen LogP contribution in [0.5, 0.6) is 0 Å². The van der Waals surface area contributed by atoms with Crippen LogP contribution in [0.1, 0.15) is 20.3 Å². The van der Waals surface area contributed by atoms with E-state index in [1.807, 2.05) is 6.92 Å². The molecule has 0 aromatic carbocycles. The van der Waals surface area contributed by atoms with E-state index in [-0.39, 0.29) is 12.6 Å². The van der Waals surface area contributed by atoms with Crippen molar-refractivity contribution in [2.75, 3.05) is 38.4 Å². The van der Waals surface area contributed by atoms with Crippen LogP contribution in [-0.2, 0) is 25.1 Å². The summed E-state index contributed by atoms with van der Waals surface area (Å²) in [7, 11) is -0.736. The van der Waals surface area contributed by atoms with Crippen LogP contribution in [0.3, 0.4) is 0 Å². The molecule has 2 atom stereocenters. The maximum atomic E-state index is 10.9. The molecule has 0 radical (unpaired) electrons. The van der Waals surface area contributed by atoms with Crippen LogP contribution in [0.25, 0.3) is 0 Å². The van der Waals surface area contributed by atoms with Gasteiger partial charge in [0.2, 0.25) is 0 Å². The lowest BCUT2D eigenvalue weighted by Gasteiger charge is -2.12. The molecule has 6 heteroatoms. The summed E-state index contributed by atoms with van der Waals surface area (Å²) in [6, 6.07) is 0.310. The summed E-state index contributed by atoms with van der Waals surface area (Å²) < 4.78 is 20.7. The number of ether oxygens (including phenoxy) is 2. The predicted molar refractivity (Wildman–Crippen MR) is 68.5 cm³/mol. The Bertz CT molecular complexity index is 236. The van der Waals surface area contributed by atoms with Crippen LogP contribution in [0.2, 0.25) is 0 Å². The van der Waals surface area contributed by atoms with Crippen LogP contribution in [0, 0.1) is 0 Å². The van der Waals surface area contributed by atoms with Crippen LogP contribution < -0.4 is 5.32 Å². The first-order chi connectivity index (χ1) is 8.06. The number of esters is 1. The third-order valence-electron chi connectivity index (χ3n) is 2.10. The van der Waals surface area contributed by atoms with Gasteiger partial charge in [0.25, 0.3) is 0 Å². The molecule has 0 heterocycles. The van der Waals surface area contributed by atoms with Crippen molar-refractivity contribution in [1.29, 1.82) is 0 Å². The van der Waals surface area contributed by atoms with Crippen LogP contribution in [0.15, 0.2) is 0 Å². The van der Waals surface area contributed by atoms with Gasteiger partial charge >= 0.3 is 5.97 Å². The normalized spacial score (nSPS) is 14.3. The van der Waals surface area contributed by atoms with E-state index in [2.05, 4.69) is 5.32 Å². The molecule has 17 heavy (non-hydrogen) atoms. The van der Waals surface area contributed by atoms with E-state index in [1.165, 1.54) is 0 Å². The fourth-order valence-corrected chi connectivity index (χ4v) is 1.87. The van der Waals surface area contributed by atoms with E-state index in [9.17, 15) is 9.00 Å². The third kappa shape index (κ3) is 11.8. The zero-order chi connectivity index (χ0) is 13.1. The number of nitrogens with one attached hydrogen (secondary N) is 1. The van der Waals surface area contributed by atoms with Crippen LogP contribution in [0.4, 0.5) is 0 Å². The highest BCUT2D eigenvalue weighted by Gasteiger charge is 2.03. The van der Waals surface area contributed by atoms with Gasteiger partial charge in [-0.2, -0.15) is 0 Å². The Kier molecular flexibility index (Phi) is 10.4. The topological polar surface area (TPSA) is 64.6 Å². The van der Waals surface area contributed by atoms with Crippen molar-refractivity contribution in [2.45, 2.75) is 26.3 Å². The van der Waals surface area contributed by atoms with E-state index < -0.39 is 10.8 Å². The average Bonchev–Trinajstić information content (AvgIpc) is 2.26. The Morgan fingerprint density at radius 1 is 1.47 bits per heavy atom. The molecule has 0 aromatic rings. The van der Waals surface area contributed by atoms with Crippen LogP contribution >= 0.6 is 0 Å². The van der Waals surface area contributed by atoms with Crippen molar-refractivity contribution in [3.63, 3.8) is 0 Å². The molecule has 0 rings (SSSR count). The standard InChI is InChI=1S/C11H23NO4S/c1-4-16-11(13)9-15-7-6-12-10(2)5-8-17(3)14/h10,12H,4-9H2,1-3H3. The van der Waals surface area contributed by atoms with Crippen molar-refractivity contribution < 1.29 is 18.5 Å². The Morgan fingerprint density at radius 3 is 2.76 bits per heavy atom. The minimum atomic E-state index is -0.736. The molecular formula is C11H23NO4S. The second-order valence-corrected chi connectivity index (χ2v) is 5.33. The molecule has 0 aliphatic carbocycles. The molecular weight excluding hydrogens is 242 g/mol. The minimum Gasteiger partial charge on any atom is -0.464 e. The summed E-state index contributed by atoms with van der Waals surface area (Å²) in [4.78, 5) is 10.9. The molecule has 0 amide bonds. The molecule has 0 saturated carbocycles. The molecule has 0 aromatic heterocycles. The lowest BCUT2D eigenvalue weighted by Crippen LogP contribution is -2.31. The Labute approximate surface area is 106 Å². The van der Waals surface area contributed by atoms with E-state index in [0.29, 0.717) is 31.6 Å². The summed E-state index contributed by atoms with van der Waals surface area (Å²) in [6.07, 6.45) is 2.58. The zero-order valence-electron chi connectivity index (χ0n) is 10.9. The maximum Gasteiger partial charge on any atom is 0.332 e. The highest BCUT2D eigenvalue weighted by atomic mass is 32.2. The van der Waals surface area contributed by atoms with Gasteiger partial charge in [-0.3, -0.25) is 4.21 Å². The SMILES string of the molecule is CCOC(=O)COCCNC(C)CCS(C)=O. The van der Waals surface area contributed by atoms with Gasteiger partial charge in [-0.25, -0.2) is 4.79 Å². The van der Waals surface area contributed by atoms with Gasteiger partial charge < -0.3 is 14.8 Å². The van der Waals surface area contributed by atoms with Gasteiger partial charge in [-0.05, 0) is 20.3 Å². The molecule has 2 unspecified atom stereocenters. The van der Waals surface area contributed by atoms with E-state index in [4.69, 9.17) is 9.47 Å². The zero-order valence-corrected chi connectivity index (χ0v) is 11.7. The van der Waals surface area contributed by atoms with Gasteiger partial charge in [0.1, 0.15) is 6.61 Å². The number of carbonyl (C=O) groups is 1. The van der Waals surface area contributed by atoms with Crippen molar-refractivity contribution in [3.8, 4) is 0 Å². The Balaban J connectivity index is 3.32.